The Morgan fingerprint density at radius 3 is 2.89 bits per heavy atom. The fourth-order valence-electron chi connectivity index (χ4n) is 1.68. The second kappa shape index (κ2) is 5.00. The molecule has 0 saturated heterocycles. The van der Waals surface area contributed by atoms with Crippen LogP contribution in [0.2, 0.25) is 0 Å². The van der Waals surface area contributed by atoms with E-state index in [1.165, 1.54) is 5.56 Å². The van der Waals surface area contributed by atoms with Crippen LogP contribution in [0.4, 0.5) is 0 Å². The van der Waals surface area contributed by atoms with E-state index in [1.54, 1.807) is 12.5 Å². The Bertz CT molecular complexity index is 641. The van der Waals surface area contributed by atoms with E-state index in [0.717, 1.165) is 22.3 Å². The number of hydrogen-bond acceptors (Lipinski definition) is 2. The molecule has 0 spiro atoms. The summed E-state index contributed by atoms with van der Waals surface area (Å²) in [5.74, 6) is 0. The molecule has 0 aliphatic rings. The zero-order valence-corrected chi connectivity index (χ0v) is 11.0. The predicted octanol–water partition coefficient (Wildman–Crippen LogP) is 3.81. The van der Waals surface area contributed by atoms with Crippen molar-refractivity contribution < 1.29 is 0 Å². The van der Waals surface area contributed by atoms with Gasteiger partial charge in [0.1, 0.15) is 6.33 Å². The summed E-state index contributed by atoms with van der Waals surface area (Å²) in [6.07, 6.45) is 5.34. The maximum Gasteiger partial charge on any atom is 0.100 e. The molecule has 0 saturated carbocycles. The van der Waals surface area contributed by atoms with Crippen LogP contribution in [0.3, 0.4) is 0 Å². The van der Waals surface area contributed by atoms with Gasteiger partial charge in [0, 0.05) is 6.20 Å². The summed E-state index contributed by atoms with van der Waals surface area (Å²) in [4.78, 5) is 8.57. The third-order valence-corrected chi connectivity index (χ3v) is 2.57. The molecule has 3 nitrogen and oxygen atoms in total. The van der Waals surface area contributed by atoms with Gasteiger partial charge >= 0.3 is 0 Å². The van der Waals surface area contributed by atoms with Crippen molar-refractivity contribution in [2.24, 2.45) is 4.99 Å². The molecule has 0 atom stereocenters. The van der Waals surface area contributed by atoms with Crippen molar-refractivity contribution in [2.75, 3.05) is 0 Å². The van der Waals surface area contributed by atoms with Gasteiger partial charge < -0.3 is 0 Å². The van der Waals surface area contributed by atoms with Crippen LogP contribution >= 0.6 is 0 Å². The first-order valence-electron chi connectivity index (χ1n) is 5.87. The van der Waals surface area contributed by atoms with Crippen LogP contribution in [0.1, 0.15) is 19.4 Å². The van der Waals surface area contributed by atoms with E-state index in [-0.39, 0.29) is 0 Å². The number of hydrogen-bond donors (Lipinski definition) is 0. The molecule has 0 aliphatic heterocycles. The molecule has 1 aromatic carbocycles. The van der Waals surface area contributed by atoms with Crippen molar-refractivity contribution in [1.82, 2.24) is 9.55 Å². The van der Waals surface area contributed by atoms with Gasteiger partial charge in [-0.05, 0) is 38.5 Å². The average molecular weight is 239 g/mol. The van der Waals surface area contributed by atoms with Gasteiger partial charge in [-0.3, -0.25) is 9.56 Å². The lowest BCUT2D eigenvalue weighted by Crippen LogP contribution is -1.94. The first-order valence-corrected chi connectivity index (χ1v) is 5.87. The number of aliphatic imine (C=N–C) groups is 1. The fourth-order valence-corrected chi connectivity index (χ4v) is 1.68. The summed E-state index contributed by atoms with van der Waals surface area (Å²) in [6, 6.07) is 6.17. The summed E-state index contributed by atoms with van der Waals surface area (Å²) >= 11 is 0. The Hall–Kier alpha value is -2.16. The highest BCUT2D eigenvalue weighted by molar-refractivity contribution is 6.04. The summed E-state index contributed by atoms with van der Waals surface area (Å²) < 4.78 is 1.95. The molecule has 2 aromatic rings. The van der Waals surface area contributed by atoms with Gasteiger partial charge in [-0.1, -0.05) is 18.2 Å². The number of benzene rings is 1. The summed E-state index contributed by atoms with van der Waals surface area (Å²) in [7, 11) is 0. The molecule has 1 heterocycles. The number of fused-ring (bicyclic) bond motifs is 1. The number of aryl methyl sites for hydroxylation is 1. The van der Waals surface area contributed by atoms with Crippen LogP contribution < -0.4 is 0 Å². The Morgan fingerprint density at radius 1 is 1.39 bits per heavy atom. The van der Waals surface area contributed by atoms with Gasteiger partial charge in [-0.15, -0.1) is 0 Å². The smallest absolute Gasteiger partial charge is 0.100 e. The van der Waals surface area contributed by atoms with E-state index >= 15 is 0 Å². The highest BCUT2D eigenvalue weighted by Gasteiger charge is 2.03. The van der Waals surface area contributed by atoms with E-state index in [2.05, 4.69) is 35.6 Å². The molecule has 0 N–H and O–H groups in total. The lowest BCUT2D eigenvalue weighted by Gasteiger charge is -2.02. The molecule has 1 aromatic heterocycles. The molecule has 92 valence electrons. The van der Waals surface area contributed by atoms with Crippen molar-refractivity contribution in [3.05, 3.63) is 48.4 Å². The normalized spacial score (nSPS) is 11.1. The van der Waals surface area contributed by atoms with Crippen LogP contribution in [0, 0.1) is 6.92 Å². The molecule has 0 amide bonds. The molecule has 0 aliphatic carbocycles. The molecule has 0 radical (unpaired) electrons. The summed E-state index contributed by atoms with van der Waals surface area (Å²) in [6.45, 7) is 10.1. The monoisotopic (exact) mass is 239 g/mol. The standard InChI is InChI=1S/C15H17N3/c1-11(2)8-16-9-13(4)18-10-17-14-6-5-12(3)7-15(14)18/h5-10H,4H2,1-3H3. The topological polar surface area (TPSA) is 30.2 Å². The van der Waals surface area contributed by atoms with Crippen LogP contribution in [-0.2, 0) is 0 Å². The number of rotatable bonds is 3. The molecule has 18 heavy (non-hydrogen) atoms. The Kier molecular flexibility index (Phi) is 3.42. The zero-order valence-electron chi connectivity index (χ0n) is 11.0. The van der Waals surface area contributed by atoms with Gasteiger partial charge in [-0.25, -0.2) is 4.98 Å². The largest absolute Gasteiger partial charge is 0.298 e. The number of aromatic nitrogens is 2. The predicted molar refractivity (Wildman–Crippen MR) is 77.7 cm³/mol. The average Bonchev–Trinajstić information content (AvgIpc) is 2.71. The van der Waals surface area contributed by atoms with Crippen LogP contribution in [0.15, 0.2) is 47.9 Å². The molecule has 0 bridgehead atoms. The molecular weight excluding hydrogens is 222 g/mol. The molecule has 0 fully saturated rings. The Labute approximate surface area is 107 Å². The highest BCUT2D eigenvalue weighted by Crippen LogP contribution is 2.17. The van der Waals surface area contributed by atoms with Crippen LogP contribution in [0.5, 0.6) is 0 Å². The third-order valence-electron chi connectivity index (χ3n) is 2.57. The number of imidazole rings is 1. The first kappa shape index (κ1) is 12.3. The summed E-state index contributed by atoms with van der Waals surface area (Å²) in [5.41, 5.74) is 5.20. The van der Waals surface area contributed by atoms with E-state index in [4.69, 9.17) is 0 Å². The lowest BCUT2D eigenvalue weighted by atomic mass is 10.2. The Balaban J connectivity index is 2.36. The van der Waals surface area contributed by atoms with Gasteiger partial charge in [0.25, 0.3) is 0 Å². The SMILES string of the molecule is C=C(C=NC=C(C)C)n1cnc2ccc(C)cc21. The van der Waals surface area contributed by atoms with Crippen molar-refractivity contribution in [1.29, 1.82) is 0 Å². The van der Waals surface area contributed by atoms with Gasteiger partial charge in [0.15, 0.2) is 0 Å². The maximum atomic E-state index is 4.35. The second-order valence-electron chi connectivity index (χ2n) is 4.58. The quantitative estimate of drug-likeness (QED) is 0.749. The van der Waals surface area contributed by atoms with E-state index in [9.17, 15) is 0 Å². The van der Waals surface area contributed by atoms with E-state index in [1.807, 2.05) is 30.7 Å². The minimum absolute atomic E-state index is 0.806. The van der Waals surface area contributed by atoms with Crippen molar-refractivity contribution in [2.45, 2.75) is 20.8 Å². The maximum absolute atomic E-state index is 4.35. The van der Waals surface area contributed by atoms with Crippen LogP contribution in [-0.4, -0.2) is 15.8 Å². The minimum atomic E-state index is 0.806. The lowest BCUT2D eigenvalue weighted by molar-refractivity contribution is 1.15. The number of nitrogens with zero attached hydrogens (tertiary/aromatic N) is 3. The first-order chi connectivity index (χ1) is 8.58. The van der Waals surface area contributed by atoms with Crippen molar-refractivity contribution in [3.8, 4) is 0 Å². The summed E-state index contributed by atoms with van der Waals surface area (Å²) in [5, 5.41) is 0. The zero-order chi connectivity index (χ0) is 13.1. The van der Waals surface area contributed by atoms with E-state index < -0.39 is 0 Å². The highest BCUT2D eigenvalue weighted by atomic mass is 15.1. The van der Waals surface area contributed by atoms with Crippen molar-refractivity contribution >= 4 is 22.9 Å². The van der Waals surface area contributed by atoms with Crippen LogP contribution in [0.25, 0.3) is 16.7 Å². The Morgan fingerprint density at radius 2 is 2.17 bits per heavy atom. The molecule has 3 heteroatoms. The molecule has 0 unspecified atom stereocenters. The van der Waals surface area contributed by atoms with Gasteiger partial charge in [0.2, 0.25) is 0 Å². The fraction of sp³-hybridized carbons (Fsp3) is 0.200. The molecular formula is C15H17N3. The van der Waals surface area contributed by atoms with E-state index in [0.29, 0.717) is 0 Å². The second-order valence-corrected chi connectivity index (χ2v) is 4.58. The van der Waals surface area contributed by atoms with Gasteiger partial charge in [-0.2, -0.15) is 0 Å². The molecule has 2 rings (SSSR count). The minimum Gasteiger partial charge on any atom is -0.298 e. The van der Waals surface area contributed by atoms with Gasteiger partial charge in [0.05, 0.1) is 22.9 Å². The number of allylic oxidation sites excluding steroid dienone is 2. The third kappa shape index (κ3) is 2.56. The van der Waals surface area contributed by atoms with Crippen molar-refractivity contribution in [3.63, 3.8) is 0 Å².